The lowest BCUT2D eigenvalue weighted by molar-refractivity contribution is -0.155. The molecule has 2 aromatic carbocycles. The van der Waals surface area contributed by atoms with Crippen LogP contribution in [-0.2, 0) is 33.9 Å². The minimum atomic E-state index is -0.553. The Labute approximate surface area is 221 Å². The molecule has 1 fully saturated rings. The van der Waals surface area contributed by atoms with Gasteiger partial charge in [0.15, 0.2) is 0 Å². The molecule has 0 aliphatic carbocycles. The number of carbonyl (C=O) groups excluding carboxylic acids is 1. The Morgan fingerprint density at radius 2 is 1.89 bits per heavy atom. The molecule has 1 atom stereocenters. The Bertz CT molecular complexity index is 1250. The summed E-state index contributed by atoms with van der Waals surface area (Å²) in [6.45, 7) is 6.33. The van der Waals surface area contributed by atoms with E-state index in [2.05, 4.69) is 32.0 Å². The first kappa shape index (κ1) is 25.2. The predicted molar refractivity (Wildman–Crippen MR) is 141 cm³/mol. The Morgan fingerprint density at radius 3 is 2.64 bits per heavy atom. The van der Waals surface area contributed by atoms with Crippen LogP contribution >= 0.6 is 22.9 Å². The number of thiazole rings is 1. The highest BCUT2D eigenvalue weighted by Gasteiger charge is 2.29. The van der Waals surface area contributed by atoms with E-state index in [1.54, 1.807) is 18.4 Å². The number of rotatable bonds is 5. The van der Waals surface area contributed by atoms with E-state index < -0.39 is 6.29 Å². The third kappa shape index (κ3) is 5.30. The number of benzene rings is 2. The molecule has 2 aliphatic heterocycles. The lowest BCUT2D eigenvalue weighted by Gasteiger charge is -2.31. The van der Waals surface area contributed by atoms with E-state index in [1.807, 2.05) is 22.4 Å². The molecule has 0 bridgehead atoms. The second-order valence-corrected chi connectivity index (χ2v) is 10.8. The normalized spacial score (nSPS) is 18.6. The average molecular weight is 527 g/mol. The summed E-state index contributed by atoms with van der Waals surface area (Å²) in [4.78, 5) is 19.8. The van der Waals surface area contributed by atoms with Crippen molar-refractivity contribution in [2.45, 2.75) is 58.5 Å². The van der Waals surface area contributed by atoms with Crippen LogP contribution in [0.1, 0.15) is 63.6 Å². The van der Waals surface area contributed by atoms with E-state index in [1.165, 1.54) is 11.1 Å². The maximum absolute atomic E-state index is 12.9. The van der Waals surface area contributed by atoms with Crippen LogP contribution in [0, 0.1) is 13.8 Å². The Hall–Kier alpha value is -2.45. The van der Waals surface area contributed by atoms with Gasteiger partial charge >= 0.3 is 0 Å². The zero-order valence-electron chi connectivity index (χ0n) is 20.9. The average Bonchev–Trinajstić information content (AvgIpc) is 3.26. The molecule has 8 heteroatoms. The van der Waals surface area contributed by atoms with Gasteiger partial charge in [0.25, 0.3) is 0 Å². The topological polar surface area (TPSA) is 60.9 Å². The van der Waals surface area contributed by atoms with Crippen molar-refractivity contribution < 1.29 is 19.0 Å². The third-order valence-electron chi connectivity index (χ3n) is 7.13. The number of amides is 1. The first-order valence-corrected chi connectivity index (χ1v) is 13.6. The Balaban J connectivity index is 1.19. The third-order valence-corrected chi connectivity index (χ3v) is 8.51. The summed E-state index contributed by atoms with van der Waals surface area (Å²) in [7, 11) is 1.64. The van der Waals surface area contributed by atoms with Crippen molar-refractivity contribution in [3.63, 3.8) is 0 Å². The number of nitrogens with zero attached hydrogens (tertiary/aromatic N) is 2. The summed E-state index contributed by atoms with van der Waals surface area (Å²) in [6.07, 6.45) is 1.74. The first-order chi connectivity index (χ1) is 17.4. The fraction of sp³-hybridized carbons (Fsp3) is 0.429. The number of fused-ring (bicyclic) bond motifs is 1. The first-order valence-electron chi connectivity index (χ1n) is 12.3. The molecule has 3 aromatic rings. The van der Waals surface area contributed by atoms with Crippen LogP contribution in [0.2, 0.25) is 5.02 Å². The number of aromatic nitrogens is 1. The standard InChI is InChI=1S/C28H31ClN2O4S/c1-17-4-5-18(2)20(12-17)13-26(32)31-10-8-19(9-11-31)27-30-24(16-36-27)28-34-14-21-22(15-35-28)25(33-3)7-6-23(21)29/h4-7,12,16,19,28H,8-11,13-15H2,1-3H3. The summed E-state index contributed by atoms with van der Waals surface area (Å²) < 4.78 is 17.6. The SMILES string of the molecule is COc1ccc(Cl)c2c1COC(c1csc(C3CCN(C(=O)Cc4cc(C)ccc4C)CC3)n1)OC2. The molecule has 1 saturated heterocycles. The van der Waals surface area contributed by atoms with Gasteiger partial charge in [-0.15, -0.1) is 11.3 Å². The number of hydrogen-bond donors (Lipinski definition) is 0. The molecule has 0 saturated carbocycles. The van der Waals surface area contributed by atoms with Gasteiger partial charge in [-0.1, -0.05) is 35.4 Å². The van der Waals surface area contributed by atoms with Crippen LogP contribution in [0.15, 0.2) is 35.7 Å². The minimum Gasteiger partial charge on any atom is -0.496 e. The Morgan fingerprint density at radius 1 is 1.14 bits per heavy atom. The van der Waals surface area contributed by atoms with Crippen LogP contribution in [-0.4, -0.2) is 36.0 Å². The van der Waals surface area contributed by atoms with Crippen molar-refractivity contribution >= 4 is 28.8 Å². The number of ether oxygens (including phenoxy) is 3. The fourth-order valence-corrected chi connectivity index (χ4v) is 6.15. The summed E-state index contributed by atoms with van der Waals surface area (Å²) in [5.74, 6) is 1.29. The van der Waals surface area contributed by atoms with E-state index in [9.17, 15) is 4.79 Å². The van der Waals surface area contributed by atoms with Crippen molar-refractivity contribution in [1.29, 1.82) is 0 Å². The molecular formula is C28H31ClN2O4S. The highest BCUT2D eigenvalue weighted by molar-refractivity contribution is 7.09. The van der Waals surface area contributed by atoms with Crippen LogP contribution in [0.4, 0.5) is 0 Å². The second-order valence-electron chi connectivity index (χ2n) is 9.53. The quantitative estimate of drug-likeness (QED) is 0.401. The van der Waals surface area contributed by atoms with E-state index in [4.69, 9.17) is 30.8 Å². The van der Waals surface area contributed by atoms with Crippen LogP contribution in [0.25, 0.3) is 0 Å². The summed E-state index contributed by atoms with van der Waals surface area (Å²) in [6, 6.07) is 9.98. The largest absolute Gasteiger partial charge is 0.496 e. The molecule has 5 rings (SSSR count). The van der Waals surface area contributed by atoms with Crippen LogP contribution < -0.4 is 4.74 Å². The smallest absolute Gasteiger partial charge is 0.227 e. The molecule has 1 amide bonds. The zero-order chi connectivity index (χ0) is 25.2. The number of methoxy groups -OCH3 is 1. The van der Waals surface area contributed by atoms with E-state index in [0.29, 0.717) is 30.6 Å². The minimum absolute atomic E-state index is 0.205. The number of halogens is 1. The number of aryl methyl sites for hydroxylation is 2. The van der Waals surface area contributed by atoms with Crippen molar-refractivity contribution in [1.82, 2.24) is 9.88 Å². The number of piperidine rings is 1. The van der Waals surface area contributed by atoms with Gasteiger partial charge in [-0.25, -0.2) is 4.98 Å². The molecule has 1 unspecified atom stereocenters. The van der Waals surface area contributed by atoms with Gasteiger partial charge in [-0.05, 0) is 49.9 Å². The summed E-state index contributed by atoms with van der Waals surface area (Å²) in [5.41, 5.74) is 6.08. The highest BCUT2D eigenvalue weighted by Crippen LogP contribution is 2.37. The maximum Gasteiger partial charge on any atom is 0.227 e. The van der Waals surface area contributed by atoms with Crippen molar-refractivity contribution in [2.75, 3.05) is 20.2 Å². The number of carbonyl (C=O) groups is 1. The summed E-state index contributed by atoms with van der Waals surface area (Å²) in [5, 5.41) is 3.75. The molecule has 0 N–H and O–H groups in total. The van der Waals surface area contributed by atoms with E-state index in [-0.39, 0.29) is 5.91 Å². The monoisotopic (exact) mass is 526 g/mol. The second kappa shape index (κ2) is 10.9. The lowest BCUT2D eigenvalue weighted by atomic mass is 9.96. The molecular weight excluding hydrogens is 496 g/mol. The molecule has 6 nitrogen and oxygen atoms in total. The van der Waals surface area contributed by atoms with Gasteiger partial charge in [0.1, 0.15) is 11.4 Å². The molecule has 0 spiro atoms. The molecule has 1 aromatic heterocycles. The maximum atomic E-state index is 12.9. The molecule has 190 valence electrons. The molecule has 0 radical (unpaired) electrons. The zero-order valence-corrected chi connectivity index (χ0v) is 22.5. The van der Waals surface area contributed by atoms with Crippen LogP contribution in [0.3, 0.4) is 0 Å². The van der Waals surface area contributed by atoms with Crippen LogP contribution in [0.5, 0.6) is 5.75 Å². The number of likely N-dealkylation sites (tertiary alicyclic amines) is 1. The van der Waals surface area contributed by atoms with Gasteiger partial charge in [0.2, 0.25) is 12.2 Å². The van der Waals surface area contributed by atoms with Crippen molar-refractivity contribution in [3.05, 3.63) is 79.3 Å². The van der Waals surface area contributed by atoms with Gasteiger partial charge in [0, 0.05) is 40.5 Å². The fourth-order valence-electron chi connectivity index (χ4n) is 4.92. The van der Waals surface area contributed by atoms with Crippen molar-refractivity contribution in [3.8, 4) is 5.75 Å². The molecule has 2 aliphatic rings. The van der Waals surface area contributed by atoms with Gasteiger partial charge in [-0.2, -0.15) is 0 Å². The lowest BCUT2D eigenvalue weighted by Crippen LogP contribution is -2.38. The van der Waals surface area contributed by atoms with Crippen molar-refractivity contribution in [2.24, 2.45) is 0 Å². The molecule has 3 heterocycles. The van der Waals surface area contributed by atoms with Gasteiger partial charge in [0.05, 0.1) is 31.8 Å². The van der Waals surface area contributed by atoms with Gasteiger partial charge < -0.3 is 19.1 Å². The summed E-state index contributed by atoms with van der Waals surface area (Å²) >= 11 is 8.05. The Kier molecular flexibility index (Phi) is 7.62. The molecule has 36 heavy (non-hydrogen) atoms. The van der Waals surface area contributed by atoms with E-state index >= 15 is 0 Å². The highest BCUT2D eigenvalue weighted by atomic mass is 35.5. The number of hydrogen-bond acceptors (Lipinski definition) is 6. The van der Waals surface area contributed by atoms with Gasteiger partial charge in [-0.3, -0.25) is 4.79 Å². The predicted octanol–water partition coefficient (Wildman–Crippen LogP) is 6.12. The van der Waals surface area contributed by atoms with E-state index in [0.717, 1.165) is 59.1 Å².